The Morgan fingerprint density at radius 3 is 2.73 bits per heavy atom. The number of nitrogens with one attached hydrogen (secondary N) is 1. The van der Waals surface area contributed by atoms with E-state index < -0.39 is 0 Å². The summed E-state index contributed by atoms with van der Waals surface area (Å²) < 4.78 is 3.25. The highest BCUT2D eigenvalue weighted by Crippen LogP contribution is 2.32. The number of fused-ring (bicyclic) bond motifs is 1. The number of amidine groups is 1. The highest BCUT2D eigenvalue weighted by Gasteiger charge is 2.24. The molecular weight excluding hydrogens is 494 g/mol. The van der Waals surface area contributed by atoms with Crippen LogP contribution in [0.2, 0.25) is 0 Å². The van der Waals surface area contributed by atoms with Crippen LogP contribution in [0.5, 0.6) is 0 Å². The van der Waals surface area contributed by atoms with Gasteiger partial charge in [-0.25, -0.2) is 4.99 Å². The highest BCUT2D eigenvalue weighted by molar-refractivity contribution is 9.10. The molecule has 0 aliphatic carbocycles. The predicted octanol–water partition coefficient (Wildman–Crippen LogP) is 6.96. The minimum absolute atomic E-state index is 0.121. The van der Waals surface area contributed by atoms with Crippen molar-refractivity contribution in [3.8, 4) is 0 Å². The Morgan fingerprint density at radius 2 is 1.91 bits per heavy atom. The van der Waals surface area contributed by atoms with Gasteiger partial charge in [0.2, 0.25) is 0 Å². The van der Waals surface area contributed by atoms with Crippen molar-refractivity contribution in [2.45, 2.75) is 20.4 Å². The third kappa shape index (κ3) is 4.68. The summed E-state index contributed by atoms with van der Waals surface area (Å²) in [6, 6.07) is 22.8. The molecule has 3 aromatic carbocycles. The monoisotopic (exact) mass is 515 g/mol. The molecule has 1 saturated heterocycles. The van der Waals surface area contributed by atoms with Gasteiger partial charge >= 0.3 is 0 Å². The first-order valence-corrected chi connectivity index (χ1v) is 12.3. The fourth-order valence-electron chi connectivity index (χ4n) is 4.00. The Labute approximate surface area is 205 Å². The quantitative estimate of drug-likeness (QED) is 0.298. The SMILES string of the molecule is Cc1cccc(Cn2cc(/C=C3\SC(=Nc4ccc(Br)cc4C)NC3=O)c3ccccc32)c1. The smallest absolute Gasteiger partial charge is 0.264 e. The van der Waals surface area contributed by atoms with Crippen molar-refractivity contribution in [2.75, 3.05) is 0 Å². The number of carbonyl (C=O) groups excluding carboxylic acids is 1. The molecule has 0 spiro atoms. The van der Waals surface area contributed by atoms with Gasteiger partial charge in [0.25, 0.3) is 5.91 Å². The lowest BCUT2D eigenvalue weighted by atomic mass is 10.1. The second-order valence-corrected chi connectivity index (χ2v) is 10.1. The van der Waals surface area contributed by atoms with Crippen LogP contribution in [0.4, 0.5) is 5.69 Å². The van der Waals surface area contributed by atoms with Crippen LogP contribution in [0.3, 0.4) is 0 Å². The van der Waals surface area contributed by atoms with Crippen molar-refractivity contribution in [3.05, 3.63) is 105 Å². The number of halogens is 1. The molecule has 6 heteroatoms. The number of aryl methyl sites for hydroxylation is 2. The van der Waals surface area contributed by atoms with Crippen LogP contribution in [0, 0.1) is 13.8 Å². The Morgan fingerprint density at radius 1 is 1.06 bits per heavy atom. The van der Waals surface area contributed by atoms with Gasteiger partial charge in [-0.3, -0.25) is 4.79 Å². The van der Waals surface area contributed by atoms with E-state index in [0.717, 1.165) is 38.7 Å². The van der Waals surface area contributed by atoms with Crippen molar-refractivity contribution >= 4 is 61.4 Å². The number of aromatic nitrogens is 1. The Hall–Kier alpha value is -3.09. The molecule has 1 fully saturated rings. The highest BCUT2D eigenvalue weighted by atomic mass is 79.9. The number of carbonyl (C=O) groups is 1. The van der Waals surface area contributed by atoms with Gasteiger partial charge in [0, 0.05) is 33.7 Å². The maximum Gasteiger partial charge on any atom is 0.264 e. The van der Waals surface area contributed by atoms with Crippen LogP contribution < -0.4 is 5.32 Å². The van der Waals surface area contributed by atoms with Gasteiger partial charge in [-0.1, -0.05) is 64.0 Å². The third-order valence-electron chi connectivity index (χ3n) is 5.57. The van der Waals surface area contributed by atoms with Crippen LogP contribution in [-0.2, 0) is 11.3 Å². The minimum atomic E-state index is -0.121. The number of aliphatic imine (C=N–C) groups is 1. The second kappa shape index (κ2) is 9.04. The van der Waals surface area contributed by atoms with E-state index >= 15 is 0 Å². The van der Waals surface area contributed by atoms with Crippen LogP contribution in [0.15, 0.2) is 87.3 Å². The average molecular weight is 516 g/mol. The molecule has 0 unspecified atom stereocenters. The molecule has 1 N–H and O–H groups in total. The minimum Gasteiger partial charge on any atom is -0.342 e. The van der Waals surface area contributed by atoms with E-state index in [1.165, 1.54) is 22.9 Å². The maximum absolute atomic E-state index is 12.7. The fourth-order valence-corrected chi connectivity index (χ4v) is 5.30. The molecule has 5 rings (SSSR count). The van der Waals surface area contributed by atoms with E-state index in [9.17, 15) is 4.79 Å². The maximum atomic E-state index is 12.7. The zero-order valence-electron chi connectivity index (χ0n) is 18.3. The third-order valence-corrected chi connectivity index (χ3v) is 6.98. The molecule has 1 aliphatic rings. The van der Waals surface area contributed by atoms with Crippen LogP contribution >= 0.6 is 27.7 Å². The van der Waals surface area contributed by atoms with Gasteiger partial charge in [-0.2, -0.15) is 0 Å². The summed E-state index contributed by atoms with van der Waals surface area (Å²) in [5.41, 5.74) is 6.56. The summed E-state index contributed by atoms with van der Waals surface area (Å²) in [4.78, 5) is 18.0. The first-order chi connectivity index (χ1) is 16.0. The van der Waals surface area contributed by atoms with Crippen molar-refractivity contribution in [1.29, 1.82) is 0 Å². The number of para-hydroxylation sites is 1. The Balaban J connectivity index is 1.47. The summed E-state index contributed by atoms with van der Waals surface area (Å²) in [5, 5.41) is 4.63. The normalized spacial score (nSPS) is 16.2. The molecule has 0 bridgehead atoms. The summed E-state index contributed by atoms with van der Waals surface area (Å²) in [6.07, 6.45) is 4.09. The van der Waals surface area contributed by atoms with E-state index in [4.69, 9.17) is 0 Å². The molecule has 0 atom stereocenters. The first kappa shape index (κ1) is 21.7. The molecular formula is C27H22BrN3OS. The first-order valence-electron chi connectivity index (χ1n) is 10.7. The van der Waals surface area contributed by atoms with E-state index in [2.05, 4.69) is 80.3 Å². The van der Waals surface area contributed by atoms with Crippen molar-refractivity contribution in [1.82, 2.24) is 9.88 Å². The molecule has 164 valence electrons. The zero-order valence-corrected chi connectivity index (χ0v) is 20.7. The molecule has 0 radical (unpaired) electrons. The predicted molar refractivity (Wildman–Crippen MR) is 142 cm³/mol. The number of thioether (sulfide) groups is 1. The van der Waals surface area contributed by atoms with Gasteiger partial charge in [-0.15, -0.1) is 0 Å². The lowest BCUT2D eigenvalue weighted by molar-refractivity contribution is -0.115. The lowest BCUT2D eigenvalue weighted by Gasteiger charge is -2.06. The van der Waals surface area contributed by atoms with Gasteiger partial charge in [-0.05, 0) is 67.1 Å². The lowest BCUT2D eigenvalue weighted by Crippen LogP contribution is -2.19. The van der Waals surface area contributed by atoms with Gasteiger partial charge < -0.3 is 9.88 Å². The van der Waals surface area contributed by atoms with Crippen molar-refractivity contribution in [2.24, 2.45) is 4.99 Å². The summed E-state index contributed by atoms with van der Waals surface area (Å²) in [5.74, 6) is -0.121. The molecule has 1 amide bonds. The Kier molecular flexibility index (Phi) is 5.96. The largest absolute Gasteiger partial charge is 0.342 e. The molecule has 2 heterocycles. The molecule has 1 aromatic heterocycles. The number of hydrogen-bond acceptors (Lipinski definition) is 3. The van der Waals surface area contributed by atoms with Crippen molar-refractivity contribution in [3.63, 3.8) is 0 Å². The van der Waals surface area contributed by atoms with Gasteiger partial charge in [0.15, 0.2) is 5.17 Å². The van der Waals surface area contributed by atoms with E-state index in [1.54, 1.807) is 0 Å². The van der Waals surface area contributed by atoms with Gasteiger partial charge in [0.1, 0.15) is 0 Å². The summed E-state index contributed by atoms with van der Waals surface area (Å²) in [7, 11) is 0. The zero-order chi connectivity index (χ0) is 22.9. The fraction of sp³-hybridized carbons (Fsp3) is 0.111. The topological polar surface area (TPSA) is 46.4 Å². The number of benzene rings is 3. The van der Waals surface area contributed by atoms with E-state index in [1.807, 2.05) is 43.3 Å². The molecule has 0 saturated carbocycles. The number of amides is 1. The molecule has 33 heavy (non-hydrogen) atoms. The average Bonchev–Trinajstić information content (AvgIpc) is 3.30. The van der Waals surface area contributed by atoms with Crippen LogP contribution in [0.25, 0.3) is 17.0 Å². The molecule has 4 nitrogen and oxygen atoms in total. The van der Waals surface area contributed by atoms with Crippen LogP contribution in [-0.4, -0.2) is 15.6 Å². The number of hydrogen-bond donors (Lipinski definition) is 1. The van der Waals surface area contributed by atoms with Crippen molar-refractivity contribution < 1.29 is 4.79 Å². The summed E-state index contributed by atoms with van der Waals surface area (Å²) >= 11 is 4.85. The molecule has 1 aliphatic heterocycles. The van der Waals surface area contributed by atoms with E-state index in [0.29, 0.717) is 10.1 Å². The number of rotatable bonds is 4. The second-order valence-electron chi connectivity index (χ2n) is 8.13. The van der Waals surface area contributed by atoms with Crippen LogP contribution in [0.1, 0.15) is 22.3 Å². The van der Waals surface area contributed by atoms with Gasteiger partial charge in [0.05, 0.1) is 10.6 Å². The molecule has 4 aromatic rings. The summed E-state index contributed by atoms with van der Waals surface area (Å²) in [6.45, 7) is 4.89. The van der Waals surface area contributed by atoms with E-state index in [-0.39, 0.29) is 5.91 Å². The number of nitrogens with zero attached hydrogens (tertiary/aromatic N) is 2. The Bertz CT molecular complexity index is 1450. The standard InChI is InChI=1S/C27H22BrN3OS/c1-17-6-5-7-19(12-17)15-31-16-20(22-8-3-4-9-24(22)31)14-25-26(32)30-27(33-25)29-23-11-10-21(28)13-18(23)2/h3-14,16H,15H2,1-2H3,(H,29,30,32)/b25-14-.